The number of ether oxygens (including phenoxy) is 1. The molecule has 0 aliphatic rings. The maximum absolute atomic E-state index is 11.1. The van der Waals surface area contributed by atoms with E-state index in [0.29, 0.717) is 0 Å². The largest absolute Gasteiger partial charge is 0.456 e. The van der Waals surface area contributed by atoms with Crippen LogP contribution in [-0.4, -0.2) is 39.8 Å². The Morgan fingerprint density at radius 1 is 1.50 bits per heavy atom. The summed E-state index contributed by atoms with van der Waals surface area (Å²) in [6.45, 7) is 2.51. The molecule has 0 spiro atoms. The summed E-state index contributed by atoms with van der Waals surface area (Å²) in [5.41, 5.74) is 0. The van der Waals surface area contributed by atoms with E-state index in [4.69, 9.17) is 14.9 Å². The van der Waals surface area contributed by atoms with Crippen molar-refractivity contribution in [2.75, 3.05) is 13.2 Å². The number of hydrogen-bond acceptors (Lipinski definition) is 4. The highest BCUT2D eigenvalue weighted by molar-refractivity contribution is 9.10. The highest BCUT2D eigenvalue weighted by Gasteiger charge is 2.27. The van der Waals surface area contributed by atoms with Crippen molar-refractivity contribution >= 4 is 21.9 Å². The maximum atomic E-state index is 11.1. The van der Waals surface area contributed by atoms with Gasteiger partial charge >= 0.3 is 5.97 Å². The zero-order valence-electron chi connectivity index (χ0n) is 7.08. The van der Waals surface area contributed by atoms with Crippen LogP contribution in [-0.2, 0) is 9.53 Å². The summed E-state index contributed by atoms with van der Waals surface area (Å²) in [6, 6.07) is 0. The van der Waals surface area contributed by atoms with Gasteiger partial charge in [-0.2, -0.15) is 0 Å². The lowest BCUT2D eigenvalue weighted by molar-refractivity contribution is -0.155. The summed E-state index contributed by atoms with van der Waals surface area (Å²) in [4.78, 5) is 11.1. The fourth-order valence-corrected chi connectivity index (χ4v) is 0.517. The van der Waals surface area contributed by atoms with Crippen LogP contribution in [0.25, 0.3) is 0 Å². The Kier molecular flexibility index (Phi) is 4.74. The first-order valence-electron chi connectivity index (χ1n) is 3.53. The van der Waals surface area contributed by atoms with Crippen molar-refractivity contribution in [2.24, 2.45) is 0 Å². The maximum Gasteiger partial charge on any atom is 0.322 e. The monoisotopic (exact) mass is 240 g/mol. The Hall–Kier alpha value is -0.130. The van der Waals surface area contributed by atoms with Crippen molar-refractivity contribution < 1.29 is 19.7 Å². The van der Waals surface area contributed by atoms with Gasteiger partial charge in [-0.25, -0.2) is 0 Å². The van der Waals surface area contributed by atoms with Gasteiger partial charge in [0.05, 0.1) is 13.2 Å². The number of hydrogen-bond donors (Lipinski definition) is 2. The summed E-state index contributed by atoms with van der Waals surface area (Å²) < 4.78 is 3.95. The molecule has 4 nitrogen and oxygen atoms in total. The summed E-state index contributed by atoms with van der Waals surface area (Å²) in [5.74, 6) is -0.504. The molecule has 0 saturated heterocycles. The molecule has 0 radical (unpaired) electrons. The Labute approximate surface area is 79.7 Å². The van der Waals surface area contributed by atoms with Gasteiger partial charge in [0, 0.05) is 0 Å². The minimum absolute atomic E-state index is 0.370. The molecule has 5 heteroatoms. The highest BCUT2D eigenvalue weighted by atomic mass is 79.9. The summed E-state index contributed by atoms with van der Waals surface area (Å²) in [6.07, 6.45) is -0.825. The minimum atomic E-state index is -0.825. The summed E-state index contributed by atoms with van der Waals surface area (Å²) >= 11 is 3.09. The predicted molar refractivity (Wildman–Crippen MR) is 47.1 cm³/mol. The molecule has 0 amide bonds. The van der Waals surface area contributed by atoms with Crippen LogP contribution in [0.4, 0.5) is 0 Å². The molecule has 0 unspecified atom stereocenters. The van der Waals surface area contributed by atoms with Gasteiger partial charge in [0.25, 0.3) is 0 Å². The topological polar surface area (TPSA) is 66.8 Å². The van der Waals surface area contributed by atoms with Gasteiger partial charge in [0.15, 0.2) is 0 Å². The van der Waals surface area contributed by atoms with Crippen LogP contribution in [0.1, 0.15) is 13.8 Å². The van der Waals surface area contributed by atoms with Gasteiger partial charge in [-0.05, 0) is 13.8 Å². The number of aliphatic hydroxyl groups is 2. The quantitative estimate of drug-likeness (QED) is 0.539. The number of esters is 1. The van der Waals surface area contributed by atoms with E-state index in [2.05, 4.69) is 15.9 Å². The first-order valence-corrected chi connectivity index (χ1v) is 4.32. The smallest absolute Gasteiger partial charge is 0.322 e. The highest BCUT2D eigenvalue weighted by Crippen LogP contribution is 2.18. The number of aliphatic hydroxyl groups excluding tert-OH is 2. The normalized spacial score (nSPS) is 11.8. The third-order valence-electron chi connectivity index (χ3n) is 1.17. The zero-order valence-corrected chi connectivity index (χ0v) is 8.67. The van der Waals surface area contributed by atoms with E-state index in [0.717, 1.165) is 0 Å². The molecule has 0 heterocycles. The lowest BCUT2D eigenvalue weighted by Gasteiger charge is -2.19. The molecular weight excluding hydrogens is 228 g/mol. The average Bonchev–Trinajstić information content (AvgIpc) is 1.97. The SMILES string of the molecule is CC(C)(Br)C(=O)OC(CO)CO. The van der Waals surface area contributed by atoms with E-state index in [1.54, 1.807) is 13.8 Å². The second kappa shape index (κ2) is 4.79. The minimum Gasteiger partial charge on any atom is -0.456 e. The van der Waals surface area contributed by atoms with Crippen molar-refractivity contribution in [3.8, 4) is 0 Å². The number of alkyl halides is 1. The van der Waals surface area contributed by atoms with E-state index in [-0.39, 0.29) is 13.2 Å². The van der Waals surface area contributed by atoms with Crippen molar-refractivity contribution in [3.63, 3.8) is 0 Å². The average molecular weight is 241 g/mol. The van der Waals surface area contributed by atoms with Gasteiger partial charge in [0.1, 0.15) is 10.4 Å². The van der Waals surface area contributed by atoms with Gasteiger partial charge in [-0.3, -0.25) is 4.79 Å². The number of carbonyl (C=O) groups is 1. The standard InChI is InChI=1S/C7H13BrO4/c1-7(2,8)6(11)12-5(3-9)4-10/h5,9-10H,3-4H2,1-2H3. The third-order valence-corrected chi connectivity index (χ3v) is 1.49. The molecule has 0 bridgehead atoms. The molecule has 0 rings (SSSR count). The first kappa shape index (κ1) is 11.9. The molecule has 0 atom stereocenters. The molecule has 0 aromatic rings. The second-order valence-electron chi connectivity index (χ2n) is 2.86. The van der Waals surface area contributed by atoms with Crippen LogP contribution in [0.5, 0.6) is 0 Å². The molecule has 0 saturated carbocycles. The molecule has 12 heavy (non-hydrogen) atoms. The van der Waals surface area contributed by atoms with Crippen LogP contribution in [0.3, 0.4) is 0 Å². The summed E-state index contributed by atoms with van der Waals surface area (Å²) in [7, 11) is 0. The van der Waals surface area contributed by atoms with Crippen molar-refractivity contribution in [2.45, 2.75) is 24.3 Å². The molecular formula is C7H13BrO4. The fourth-order valence-electron chi connectivity index (χ4n) is 0.424. The lowest BCUT2D eigenvalue weighted by atomic mass is 10.2. The van der Waals surface area contributed by atoms with Crippen LogP contribution >= 0.6 is 15.9 Å². The first-order chi connectivity index (χ1) is 5.41. The van der Waals surface area contributed by atoms with E-state index in [9.17, 15) is 4.79 Å². The van der Waals surface area contributed by atoms with Gasteiger partial charge < -0.3 is 14.9 Å². The lowest BCUT2D eigenvalue weighted by Crippen LogP contribution is -2.34. The van der Waals surface area contributed by atoms with Gasteiger partial charge in [-0.15, -0.1) is 0 Å². The molecule has 0 fully saturated rings. The van der Waals surface area contributed by atoms with Crippen LogP contribution in [0, 0.1) is 0 Å². The molecule has 0 aliphatic heterocycles. The Bertz CT molecular complexity index is 148. The van der Waals surface area contributed by atoms with Crippen molar-refractivity contribution in [1.82, 2.24) is 0 Å². The Balaban J connectivity index is 3.99. The van der Waals surface area contributed by atoms with E-state index < -0.39 is 16.4 Å². The van der Waals surface area contributed by atoms with Crippen LogP contribution in [0.15, 0.2) is 0 Å². The molecule has 2 N–H and O–H groups in total. The number of carbonyl (C=O) groups excluding carboxylic acids is 1. The predicted octanol–water partition coefficient (Wildman–Crippen LogP) is 0.0563. The molecule has 72 valence electrons. The number of rotatable bonds is 4. The Morgan fingerprint density at radius 2 is 1.92 bits per heavy atom. The van der Waals surface area contributed by atoms with E-state index in [1.165, 1.54) is 0 Å². The van der Waals surface area contributed by atoms with E-state index >= 15 is 0 Å². The molecule has 0 aliphatic carbocycles. The van der Waals surface area contributed by atoms with E-state index in [1.807, 2.05) is 0 Å². The van der Waals surface area contributed by atoms with Crippen LogP contribution < -0.4 is 0 Å². The number of halogens is 1. The van der Waals surface area contributed by atoms with Crippen molar-refractivity contribution in [3.05, 3.63) is 0 Å². The van der Waals surface area contributed by atoms with Crippen molar-refractivity contribution in [1.29, 1.82) is 0 Å². The van der Waals surface area contributed by atoms with Gasteiger partial charge in [0.2, 0.25) is 0 Å². The van der Waals surface area contributed by atoms with Gasteiger partial charge in [-0.1, -0.05) is 15.9 Å². The summed E-state index contributed by atoms with van der Waals surface area (Å²) in [5, 5.41) is 17.2. The second-order valence-corrected chi connectivity index (χ2v) is 4.85. The fraction of sp³-hybridized carbons (Fsp3) is 0.857. The third kappa shape index (κ3) is 4.04. The zero-order chi connectivity index (χ0) is 9.78. The van der Waals surface area contributed by atoms with Crippen LogP contribution in [0.2, 0.25) is 0 Å². The molecule has 0 aromatic heterocycles. The Morgan fingerprint density at radius 3 is 2.17 bits per heavy atom. The molecule has 0 aromatic carbocycles.